The van der Waals surface area contributed by atoms with Crippen molar-refractivity contribution in [2.75, 3.05) is 39.5 Å². The summed E-state index contributed by atoms with van der Waals surface area (Å²) in [4.78, 5) is 2.74. The first-order valence-electron chi connectivity index (χ1n) is 9.10. The fraction of sp³-hybridized carbons (Fsp3) is 1.00. The van der Waals surface area contributed by atoms with E-state index in [1.54, 1.807) is 0 Å². The molecule has 0 rings (SSSR count). The standard InChI is InChI=1S/C16H40N2O2Si2/c1-7-19-13-9-15(21(3)4)18(12-11-17)16(22(5)6)10-14-20-8-2/h15-16,21-22H,7-14,17H2,1-6H3. The Kier molecular flexibility index (Phi) is 13.9. The highest BCUT2D eigenvalue weighted by Crippen LogP contribution is 2.18. The zero-order valence-electron chi connectivity index (χ0n) is 15.8. The highest BCUT2D eigenvalue weighted by atomic mass is 28.3. The Labute approximate surface area is 141 Å². The average molecular weight is 349 g/mol. The zero-order chi connectivity index (χ0) is 17.0. The molecule has 0 amide bonds. The molecule has 6 heteroatoms. The minimum Gasteiger partial charge on any atom is -0.382 e. The molecule has 0 saturated heterocycles. The molecule has 4 nitrogen and oxygen atoms in total. The van der Waals surface area contributed by atoms with Crippen LogP contribution in [0.2, 0.25) is 26.2 Å². The van der Waals surface area contributed by atoms with Gasteiger partial charge in [0, 0.05) is 50.8 Å². The van der Waals surface area contributed by atoms with E-state index in [-0.39, 0.29) is 0 Å². The van der Waals surface area contributed by atoms with Crippen molar-refractivity contribution in [3.63, 3.8) is 0 Å². The second-order valence-corrected chi connectivity index (χ2v) is 13.1. The second-order valence-electron chi connectivity index (χ2n) is 6.62. The van der Waals surface area contributed by atoms with Crippen LogP contribution in [0, 0.1) is 0 Å². The summed E-state index contributed by atoms with van der Waals surface area (Å²) in [5.74, 6) is 0. The van der Waals surface area contributed by atoms with Crippen LogP contribution in [0.25, 0.3) is 0 Å². The van der Waals surface area contributed by atoms with Crippen molar-refractivity contribution in [3.05, 3.63) is 0 Å². The normalized spacial score (nSPS) is 15.0. The van der Waals surface area contributed by atoms with Crippen LogP contribution in [0.5, 0.6) is 0 Å². The molecule has 0 fully saturated rings. The van der Waals surface area contributed by atoms with Gasteiger partial charge in [0.2, 0.25) is 0 Å². The molecule has 0 heterocycles. The Morgan fingerprint density at radius 2 is 1.27 bits per heavy atom. The fourth-order valence-electron chi connectivity index (χ4n) is 3.19. The van der Waals surface area contributed by atoms with Gasteiger partial charge in [0.25, 0.3) is 0 Å². The van der Waals surface area contributed by atoms with Gasteiger partial charge in [0.1, 0.15) is 0 Å². The number of ether oxygens (including phenoxy) is 2. The van der Waals surface area contributed by atoms with Crippen LogP contribution in [-0.4, -0.2) is 73.3 Å². The van der Waals surface area contributed by atoms with E-state index >= 15 is 0 Å². The predicted molar refractivity (Wildman–Crippen MR) is 103 cm³/mol. The first-order chi connectivity index (χ1) is 10.5. The maximum atomic E-state index is 5.94. The van der Waals surface area contributed by atoms with Crippen LogP contribution in [-0.2, 0) is 9.47 Å². The molecule has 2 unspecified atom stereocenters. The van der Waals surface area contributed by atoms with E-state index in [1.807, 2.05) is 0 Å². The van der Waals surface area contributed by atoms with Gasteiger partial charge in [-0.15, -0.1) is 0 Å². The molecule has 0 aromatic carbocycles. The van der Waals surface area contributed by atoms with Crippen molar-refractivity contribution in [3.8, 4) is 0 Å². The van der Waals surface area contributed by atoms with Gasteiger partial charge >= 0.3 is 0 Å². The molecule has 0 bridgehead atoms. The van der Waals surface area contributed by atoms with E-state index in [0.29, 0.717) is 11.3 Å². The smallest absolute Gasteiger partial charge is 0.0510 e. The molecule has 0 aromatic rings. The summed E-state index contributed by atoms with van der Waals surface area (Å²) in [6, 6.07) is 0. The van der Waals surface area contributed by atoms with Crippen LogP contribution in [0.15, 0.2) is 0 Å². The van der Waals surface area contributed by atoms with Crippen LogP contribution in [0.1, 0.15) is 26.7 Å². The minimum absolute atomic E-state index is 0.691. The third kappa shape index (κ3) is 8.79. The molecule has 0 aliphatic heterocycles. The monoisotopic (exact) mass is 348 g/mol. The lowest BCUT2D eigenvalue weighted by Gasteiger charge is -2.41. The maximum absolute atomic E-state index is 5.94. The maximum Gasteiger partial charge on any atom is 0.0510 e. The van der Waals surface area contributed by atoms with Gasteiger partial charge in [-0.25, -0.2) is 0 Å². The summed E-state index contributed by atoms with van der Waals surface area (Å²) in [5, 5.41) is 0. The van der Waals surface area contributed by atoms with E-state index in [9.17, 15) is 0 Å². The van der Waals surface area contributed by atoms with Crippen molar-refractivity contribution < 1.29 is 9.47 Å². The molecular formula is C16H40N2O2Si2. The molecular weight excluding hydrogens is 308 g/mol. The van der Waals surface area contributed by atoms with E-state index in [2.05, 4.69) is 44.9 Å². The topological polar surface area (TPSA) is 47.7 Å². The summed E-state index contributed by atoms with van der Waals surface area (Å²) in [5.41, 5.74) is 7.32. The fourth-order valence-corrected chi connectivity index (χ4v) is 7.26. The van der Waals surface area contributed by atoms with Gasteiger partial charge in [-0.3, -0.25) is 0 Å². The molecule has 2 N–H and O–H groups in total. The van der Waals surface area contributed by atoms with Crippen molar-refractivity contribution in [2.24, 2.45) is 5.73 Å². The third-order valence-corrected chi connectivity index (χ3v) is 8.81. The van der Waals surface area contributed by atoms with E-state index < -0.39 is 17.6 Å². The number of hydrogen-bond donors (Lipinski definition) is 1. The quantitative estimate of drug-likeness (QED) is 0.385. The van der Waals surface area contributed by atoms with Crippen LogP contribution >= 0.6 is 0 Å². The Balaban J connectivity index is 4.94. The van der Waals surface area contributed by atoms with Crippen molar-refractivity contribution in [1.29, 1.82) is 0 Å². The van der Waals surface area contributed by atoms with Crippen LogP contribution < -0.4 is 5.73 Å². The Hall–Kier alpha value is 0.274. The minimum atomic E-state index is -0.784. The summed E-state index contributed by atoms with van der Waals surface area (Å²) in [6.07, 6.45) is 2.31. The molecule has 0 saturated carbocycles. The number of nitrogens with zero attached hydrogens (tertiary/aromatic N) is 1. The Morgan fingerprint density at radius 1 is 0.864 bits per heavy atom. The molecule has 134 valence electrons. The Bertz CT molecular complexity index is 234. The first-order valence-corrected chi connectivity index (χ1v) is 15.1. The highest BCUT2D eigenvalue weighted by molar-refractivity contribution is 6.59. The molecule has 0 aliphatic rings. The van der Waals surface area contributed by atoms with Crippen molar-refractivity contribution in [1.82, 2.24) is 4.90 Å². The van der Waals surface area contributed by atoms with Gasteiger partial charge < -0.3 is 20.1 Å². The third-order valence-electron chi connectivity index (χ3n) is 4.30. The lowest BCUT2D eigenvalue weighted by Crippen LogP contribution is -2.55. The largest absolute Gasteiger partial charge is 0.382 e. The molecule has 22 heavy (non-hydrogen) atoms. The summed E-state index contributed by atoms with van der Waals surface area (Å²) < 4.78 is 11.3. The van der Waals surface area contributed by atoms with Gasteiger partial charge in [-0.2, -0.15) is 0 Å². The number of rotatable bonds is 14. The van der Waals surface area contributed by atoms with Crippen LogP contribution in [0.3, 0.4) is 0 Å². The predicted octanol–water partition coefficient (Wildman–Crippen LogP) is 1.89. The molecule has 0 aromatic heterocycles. The van der Waals surface area contributed by atoms with Crippen molar-refractivity contribution >= 4 is 17.6 Å². The summed E-state index contributed by atoms with van der Waals surface area (Å²) >= 11 is 0. The molecule has 0 aliphatic carbocycles. The van der Waals surface area contributed by atoms with Gasteiger partial charge in [0.05, 0.1) is 17.6 Å². The average Bonchev–Trinajstić information content (AvgIpc) is 2.46. The number of hydrogen-bond acceptors (Lipinski definition) is 4. The highest BCUT2D eigenvalue weighted by Gasteiger charge is 2.30. The summed E-state index contributed by atoms with van der Waals surface area (Å²) in [6.45, 7) is 19.1. The molecule has 0 radical (unpaired) electrons. The SMILES string of the molecule is CCOCCC(N(CCN)C(CCOCC)[SiH](C)C)[SiH](C)C. The van der Waals surface area contributed by atoms with Gasteiger partial charge in [0.15, 0.2) is 0 Å². The number of nitrogens with two attached hydrogens (primary N) is 1. The lowest BCUT2D eigenvalue weighted by molar-refractivity contribution is 0.100. The zero-order valence-corrected chi connectivity index (χ0v) is 18.1. The Morgan fingerprint density at radius 3 is 1.55 bits per heavy atom. The van der Waals surface area contributed by atoms with Crippen LogP contribution in [0.4, 0.5) is 0 Å². The molecule has 2 atom stereocenters. The van der Waals surface area contributed by atoms with Gasteiger partial charge in [-0.1, -0.05) is 26.2 Å². The second kappa shape index (κ2) is 13.7. The lowest BCUT2D eigenvalue weighted by atomic mass is 10.3. The van der Waals surface area contributed by atoms with Crippen molar-refractivity contribution in [2.45, 2.75) is 64.2 Å². The first kappa shape index (κ1) is 22.3. The van der Waals surface area contributed by atoms with E-state index in [1.165, 1.54) is 0 Å². The van der Waals surface area contributed by atoms with E-state index in [4.69, 9.17) is 15.2 Å². The molecule has 0 spiro atoms. The van der Waals surface area contributed by atoms with E-state index in [0.717, 1.165) is 52.4 Å². The summed E-state index contributed by atoms with van der Waals surface area (Å²) in [7, 11) is -1.57. The van der Waals surface area contributed by atoms with Gasteiger partial charge in [-0.05, 0) is 26.7 Å².